The van der Waals surface area contributed by atoms with Gasteiger partial charge in [0.05, 0.1) is 7.11 Å². The maximum absolute atomic E-state index is 12.2. The van der Waals surface area contributed by atoms with Crippen molar-refractivity contribution in [1.29, 1.82) is 0 Å². The van der Waals surface area contributed by atoms with E-state index in [2.05, 4.69) is 10.6 Å². The van der Waals surface area contributed by atoms with E-state index in [0.717, 1.165) is 37.9 Å². The smallest absolute Gasteiger partial charge is 0.328 e. The van der Waals surface area contributed by atoms with Crippen LogP contribution in [0.3, 0.4) is 0 Å². The minimum atomic E-state index is -0.622. The molecule has 1 saturated heterocycles. The molecule has 1 amide bonds. The van der Waals surface area contributed by atoms with Gasteiger partial charge < -0.3 is 15.4 Å². The zero-order valence-corrected chi connectivity index (χ0v) is 14.9. The Hall–Kier alpha value is -1.59. The fourth-order valence-electron chi connectivity index (χ4n) is 2.96. The number of amides is 1. The SMILES string of the molecule is COC(=O)C(Cc1ccccc1)NC(=O)CCC1CCNCC1.Cl. The molecule has 0 spiro atoms. The summed E-state index contributed by atoms with van der Waals surface area (Å²) in [4.78, 5) is 24.1. The van der Waals surface area contributed by atoms with Gasteiger partial charge in [0.1, 0.15) is 6.04 Å². The van der Waals surface area contributed by atoms with Crippen LogP contribution < -0.4 is 10.6 Å². The second-order valence-corrected chi connectivity index (χ2v) is 6.07. The number of nitrogens with one attached hydrogen (secondary N) is 2. The zero-order chi connectivity index (χ0) is 16.5. The van der Waals surface area contributed by atoms with E-state index >= 15 is 0 Å². The van der Waals surface area contributed by atoms with Gasteiger partial charge in [-0.3, -0.25) is 4.79 Å². The third-order valence-corrected chi connectivity index (χ3v) is 4.34. The molecule has 0 aliphatic carbocycles. The van der Waals surface area contributed by atoms with Crippen molar-refractivity contribution in [3.63, 3.8) is 0 Å². The van der Waals surface area contributed by atoms with Crippen molar-refractivity contribution in [3.05, 3.63) is 35.9 Å². The molecule has 6 heteroatoms. The van der Waals surface area contributed by atoms with Gasteiger partial charge in [0.15, 0.2) is 0 Å². The quantitative estimate of drug-likeness (QED) is 0.736. The van der Waals surface area contributed by atoms with Crippen LogP contribution in [0.4, 0.5) is 0 Å². The number of ether oxygens (including phenoxy) is 1. The summed E-state index contributed by atoms with van der Waals surface area (Å²) in [5, 5.41) is 6.15. The third kappa shape index (κ3) is 6.89. The fraction of sp³-hybridized carbons (Fsp3) is 0.556. The molecular weight excluding hydrogens is 328 g/mol. The van der Waals surface area contributed by atoms with Crippen molar-refractivity contribution in [3.8, 4) is 0 Å². The maximum Gasteiger partial charge on any atom is 0.328 e. The van der Waals surface area contributed by atoms with Crippen LogP contribution in [0.5, 0.6) is 0 Å². The number of carbonyl (C=O) groups is 2. The van der Waals surface area contributed by atoms with E-state index in [4.69, 9.17) is 4.74 Å². The molecule has 5 nitrogen and oxygen atoms in total. The van der Waals surface area contributed by atoms with Crippen LogP contribution in [0.2, 0.25) is 0 Å². The Kier molecular flexibility index (Phi) is 9.42. The highest BCUT2D eigenvalue weighted by Crippen LogP contribution is 2.17. The largest absolute Gasteiger partial charge is 0.467 e. The molecular formula is C18H27ClN2O3. The monoisotopic (exact) mass is 354 g/mol. The van der Waals surface area contributed by atoms with Gasteiger partial charge in [-0.1, -0.05) is 30.3 Å². The van der Waals surface area contributed by atoms with Crippen LogP contribution in [0.15, 0.2) is 30.3 Å². The number of hydrogen-bond donors (Lipinski definition) is 2. The summed E-state index contributed by atoms with van der Waals surface area (Å²) >= 11 is 0. The molecule has 1 unspecified atom stereocenters. The van der Waals surface area contributed by atoms with E-state index < -0.39 is 12.0 Å². The van der Waals surface area contributed by atoms with Crippen LogP contribution in [-0.4, -0.2) is 38.1 Å². The van der Waals surface area contributed by atoms with Crippen LogP contribution >= 0.6 is 12.4 Å². The lowest BCUT2D eigenvalue weighted by atomic mass is 9.93. The van der Waals surface area contributed by atoms with E-state index in [1.165, 1.54) is 7.11 Å². The van der Waals surface area contributed by atoms with E-state index in [1.807, 2.05) is 30.3 Å². The Balaban J connectivity index is 0.00000288. The third-order valence-electron chi connectivity index (χ3n) is 4.34. The van der Waals surface area contributed by atoms with Gasteiger partial charge >= 0.3 is 5.97 Å². The zero-order valence-electron chi connectivity index (χ0n) is 14.1. The number of halogens is 1. The molecule has 1 atom stereocenters. The summed E-state index contributed by atoms with van der Waals surface area (Å²) < 4.78 is 4.82. The molecule has 1 fully saturated rings. The molecule has 134 valence electrons. The highest BCUT2D eigenvalue weighted by Gasteiger charge is 2.22. The second-order valence-electron chi connectivity index (χ2n) is 6.07. The number of hydrogen-bond acceptors (Lipinski definition) is 4. The molecule has 0 bridgehead atoms. The number of methoxy groups -OCH3 is 1. The van der Waals surface area contributed by atoms with Crippen molar-refractivity contribution in [2.75, 3.05) is 20.2 Å². The maximum atomic E-state index is 12.2. The first-order chi connectivity index (χ1) is 11.2. The predicted octanol–water partition coefficient (Wildman–Crippen LogP) is 2.09. The van der Waals surface area contributed by atoms with Gasteiger partial charge in [-0.05, 0) is 43.8 Å². The highest BCUT2D eigenvalue weighted by molar-refractivity contribution is 5.85. The Bertz CT molecular complexity index is 504. The molecule has 24 heavy (non-hydrogen) atoms. The normalized spacial score (nSPS) is 15.9. The number of rotatable bonds is 7. The fourth-order valence-corrected chi connectivity index (χ4v) is 2.96. The first-order valence-electron chi connectivity index (χ1n) is 8.31. The average Bonchev–Trinajstić information content (AvgIpc) is 2.60. The van der Waals surface area contributed by atoms with Crippen molar-refractivity contribution in [2.24, 2.45) is 5.92 Å². The summed E-state index contributed by atoms with van der Waals surface area (Å²) in [7, 11) is 1.35. The lowest BCUT2D eigenvalue weighted by molar-refractivity contribution is -0.145. The molecule has 0 aromatic heterocycles. The molecule has 0 radical (unpaired) electrons. The van der Waals surface area contributed by atoms with Gasteiger partial charge in [0.25, 0.3) is 0 Å². The molecule has 2 N–H and O–H groups in total. The predicted molar refractivity (Wildman–Crippen MR) is 96.2 cm³/mol. The summed E-state index contributed by atoms with van der Waals surface area (Å²) in [6, 6.07) is 9.02. The lowest BCUT2D eigenvalue weighted by Crippen LogP contribution is -2.43. The molecule has 1 aliphatic rings. The first kappa shape index (κ1) is 20.5. The second kappa shape index (κ2) is 11.0. The van der Waals surface area contributed by atoms with Crippen LogP contribution in [0.25, 0.3) is 0 Å². The summed E-state index contributed by atoms with van der Waals surface area (Å²) in [6.45, 7) is 2.07. The van der Waals surface area contributed by atoms with Gasteiger partial charge in [0.2, 0.25) is 5.91 Å². The average molecular weight is 355 g/mol. The van der Waals surface area contributed by atoms with Crippen molar-refractivity contribution in [1.82, 2.24) is 10.6 Å². The topological polar surface area (TPSA) is 67.4 Å². The molecule has 1 aliphatic heterocycles. The lowest BCUT2D eigenvalue weighted by Gasteiger charge is -2.22. The molecule has 0 saturated carbocycles. The van der Waals surface area contributed by atoms with Crippen molar-refractivity contribution >= 4 is 24.3 Å². The summed E-state index contributed by atoms with van der Waals surface area (Å²) in [5.41, 5.74) is 1.00. The molecule has 1 aromatic carbocycles. The minimum absolute atomic E-state index is 0. The number of esters is 1. The van der Waals surface area contributed by atoms with Gasteiger partial charge in [-0.2, -0.15) is 0 Å². The molecule has 1 heterocycles. The summed E-state index contributed by atoms with van der Waals surface area (Å²) in [5.74, 6) is 0.131. The Morgan fingerprint density at radius 2 is 1.92 bits per heavy atom. The molecule has 2 rings (SSSR count). The number of piperidine rings is 1. The highest BCUT2D eigenvalue weighted by atomic mass is 35.5. The summed E-state index contributed by atoms with van der Waals surface area (Å²) in [6.07, 6.45) is 4.04. The standard InChI is InChI=1S/C18H26N2O3.ClH/c1-23-18(22)16(13-15-5-3-2-4-6-15)20-17(21)8-7-14-9-11-19-12-10-14;/h2-6,14,16,19H,7-13H2,1H3,(H,20,21);1H. The first-order valence-corrected chi connectivity index (χ1v) is 8.31. The van der Waals surface area contributed by atoms with Gasteiger partial charge in [-0.25, -0.2) is 4.79 Å². The van der Waals surface area contributed by atoms with E-state index in [0.29, 0.717) is 18.8 Å². The van der Waals surface area contributed by atoms with Crippen LogP contribution in [0, 0.1) is 5.92 Å². The number of benzene rings is 1. The van der Waals surface area contributed by atoms with E-state index in [1.54, 1.807) is 0 Å². The van der Waals surface area contributed by atoms with Gasteiger partial charge in [0, 0.05) is 12.8 Å². The Morgan fingerprint density at radius 3 is 2.54 bits per heavy atom. The number of carbonyl (C=O) groups excluding carboxylic acids is 2. The van der Waals surface area contributed by atoms with E-state index in [9.17, 15) is 9.59 Å². The van der Waals surface area contributed by atoms with Crippen molar-refractivity contribution in [2.45, 2.75) is 38.1 Å². The van der Waals surface area contributed by atoms with Crippen molar-refractivity contribution < 1.29 is 14.3 Å². The van der Waals surface area contributed by atoms with Gasteiger partial charge in [-0.15, -0.1) is 12.4 Å². The Labute approximate surface area is 149 Å². The van der Waals surface area contributed by atoms with Crippen LogP contribution in [-0.2, 0) is 20.7 Å². The van der Waals surface area contributed by atoms with E-state index in [-0.39, 0.29) is 18.3 Å². The minimum Gasteiger partial charge on any atom is -0.467 e. The van der Waals surface area contributed by atoms with Crippen LogP contribution in [0.1, 0.15) is 31.2 Å². The Morgan fingerprint density at radius 1 is 1.25 bits per heavy atom. The molecule has 1 aromatic rings.